The van der Waals surface area contributed by atoms with Crippen molar-refractivity contribution in [1.82, 2.24) is 20.0 Å². The third-order valence-corrected chi connectivity index (χ3v) is 13.8. The van der Waals surface area contributed by atoms with Gasteiger partial charge in [-0.05, 0) is 85.0 Å². The van der Waals surface area contributed by atoms with Crippen LogP contribution in [0.2, 0.25) is 0 Å². The molecule has 8 N–H and O–H groups in total. The van der Waals surface area contributed by atoms with Crippen LogP contribution in [0, 0.1) is 0 Å². The molecular formula is C42H74ClN7O12S2. The van der Waals surface area contributed by atoms with Crippen LogP contribution in [0.3, 0.4) is 0 Å². The molecule has 2 aromatic rings. The van der Waals surface area contributed by atoms with E-state index in [1.54, 1.807) is 14.0 Å². The van der Waals surface area contributed by atoms with Crippen LogP contribution in [-0.2, 0) is 29.1 Å². The second kappa shape index (κ2) is 31.0. The summed E-state index contributed by atoms with van der Waals surface area (Å²) < 4.78 is 66.8. The average molecular weight is 969 g/mol. The summed E-state index contributed by atoms with van der Waals surface area (Å²) in [5.41, 5.74) is 16.3. The Kier molecular flexibility index (Phi) is 29.1. The summed E-state index contributed by atoms with van der Waals surface area (Å²) in [6.07, 6.45) is 4.82. The van der Waals surface area contributed by atoms with E-state index < -0.39 is 31.1 Å². The molecule has 2 aliphatic heterocycles. The van der Waals surface area contributed by atoms with Gasteiger partial charge in [0.1, 0.15) is 17.1 Å². The van der Waals surface area contributed by atoms with Gasteiger partial charge in [0.2, 0.25) is 0 Å². The number of carboxylic acid groups (broad SMARTS) is 1. The number of carbonyl (C=O) groups is 3. The number of sulfone groups is 2. The van der Waals surface area contributed by atoms with Crippen molar-refractivity contribution in [1.29, 1.82) is 0 Å². The van der Waals surface area contributed by atoms with E-state index >= 15 is 0 Å². The van der Waals surface area contributed by atoms with Gasteiger partial charge in [0.25, 0.3) is 5.91 Å². The van der Waals surface area contributed by atoms with E-state index in [2.05, 4.69) is 38.6 Å². The number of rotatable bonds is 17. The quantitative estimate of drug-likeness (QED) is 0.110. The van der Waals surface area contributed by atoms with Crippen molar-refractivity contribution in [2.75, 3.05) is 117 Å². The highest BCUT2D eigenvalue weighted by Crippen LogP contribution is 2.30. The lowest BCUT2D eigenvalue weighted by Gasteiger charge is -2.23. The van der Waals surface area contributed by atoms with E-state index in [0.717, 1.165) is 51.7 Å². The summed E-state index contributed by atoms with van der Waals surface area (Å²) in [7, 11) is 1.40. The van der Waals surface area contributed by atoms with Crippen molar-refractivity contribution in [3.63, 3.8) is 0 Å². The number of likely N-dealkylation sites (N-methyl/N-ethyl adjacent to an activating group) is 3. The molecule has 0 bridgehead atoms. The van der Waals surface area contributed by atoms with Gasteiger partial charge in [0, 0.05) is 62.6 Å². The Hall–Kier alpha value is -3.96. The molecule has 0 aliphatic carbocycles. The average Bonchev–Trinajstić information content (AvgIpc) is 3.94. The maximum Gasteiger partial charge on any atom is 0.403 e. The fourth-order valence-corrected chi connectivity index (χ4v) is 8.66. The van der Waals surface area contributed by atoms with Crippen LogP contribution in [0.5, 0.6) is 11.5 Å². The topological polar surface area (TPSA) is 276 Å². The third-order valence-electron chi connectivity index (χ3n) is 10.2. The monoisotopic (exact) mass is 967 g/mol. The molecule has 22 heteroatoms. The van der Waals surface area contributed by atoms with Crippen molar-refractivity contribution in [3.05, 3.63) is 35.4 Å². The molecule has 0 unspecified atom stereocenters. The molecule has 2 atom stereocenters. The van der Waals surface area contributed by atoms with E-state index in [1.165, 1.54) is 72.2 Å². The molecule has 64 heavy (non-hydrogen) atoms. The number of likely N-dealkylation sites (tertiary alicyclic amines) is 2. The van der Waals surface area contributed by atoms with Crippen molar-refractivity contribution in [3.8, 4) is 11.5 Å². The molecule has 2 heterocycles. The Balaban J connectivity index is 0.000000872. The number of halogens is 1. The number of nitrogen functional groups attached to an aromatic ring is 2. The first kappa shape index (κ1) is 60.0. The second-order valence-electron chi connectivity index (χ2n) is 14.6. The number of nitrogens with one attached hydrogen (secondary N) is 1. The fraction of sp³-hybridized carbons (Fsp3) is 0.643. The molecule has 2 aromatic carbocycles. The predicted molar refractivity (Wildman–Crippen MR) is 252 cm³/mol. The molecule has 1 amide bonds. The summed E-state index contributed by atoms with van der Waals surface area (Å²) >= 11 is 4.72. The minimum atomic E-state index is -3.55. The molecule has 19 nitrogen and oxygen atoms in total. The number of carbonyl (C=O) groups excluding carboxylic acids is 2. The highest BCUT2D eigenvalue weighted by atomic mass is 35.5. The van der Waals surface area contributed by atoms with Gasteiger partial charge in [-0.1, -0.05) is 27.7 Å². The summed E-state index contributed by atoms with van der Waals surface area (Å²) in [4.78, 5) is 39.8. The Bertz CT molecular complexity index is 1950. The van der Waals surface area contributed by atoms with Gasteiger partial charge in [-0.3, -0.25) is 14.6 Å². The van der Waals surface area contributed by atoms with E-state index in [1.807, 2.05) is 14.1 Å². The van der Waals surface area contributed by atoms with Crippen LogP contribution in [0.25, 0.3) is 0 Å². The van der Waals surface area contributed by atoms with Crippen LogP contribution < -0.4 is 32.0 Å². The molecule has 0 saturated carbocycles. The number of nitrogens with two attached hydrogens (primary N) is 3. The molecule has 368 valence electrons. The van der Waals surface area contributed by atoms with Crippen molar-refractivity contribution in [2.24, 2.45) is 5.73 Å². The number of anilines is 2. The Labute approximate surface area is 386 Å². The molecule has 4 rings (SSSR count). The molecule has 2 fully saturated rings. The van der Waals surface area contributed by atoms with Crippen molar-refractivity contribution in [2.45, 2.75) is 82.2 Å². The zero-order chi connectivity index (χ0) is 49.2. The lowest BCUT2D eigenvalue weighted by molar-refractivity contribution is 0.0692. The Morgan fingerprint density at radius 3 is 1.58 bits per heavy atom. The van der Waals surface area contributed by atoms with E-state index in [9.17, 15) is 31.2 Å². The van der Waals surface area contributed by atoms with Crippen LogP contribution in [0.4, 0.5) is 16.2 Å². The van der Waals surface area contributed by atoms with Gasteiger partial charge in [-0.2, -0.15) is 0 Å². The van der Waals surface area contributed by atoms with E-state index in [0.29, 0.717) is 25.2 Å². The van der Waals surface area contributed by atoms with Crippen molar-refractivity contribution >= 4 is 60.0 Å². The number of hydrogen-bond acceptors (Lipinski definition) is 17. The largest absolute Gasteiger partial charge is 0.496 e. The third kappa shape index (κ3) is 20.5. The molecule has 0 aromatic heterocycles. The number of methoxy groups -OCH3 is 3. The zero-order valence-electron chi connectivity index (χ0n) is 39.3. The zero-order valence-corrected chi connectivity index (χ0v) is 41.7. The highest BCUT2D eigenvalue weighted by Gasteiger charge is 2.26. The SMILES string of the molecule is CCN1CCC[C@@H]1CN.CCN1CCC[C@@H]1CNC(=O)c1cc(S(=O)(=O)CC)c(N)cc1OC.CCOC(=O)Cl.CCS(=O)(=O)c1cc(C(=O)O)c(OC)cc1N.COCCN(C)C. The predicted octanol–water partition coefficient (Wildman–Crippen LogP) is 4.06. The van der Waals surface area contributed by atoms with Crippen molar-refractivity contribution < 1.29 is 55.3 Å². The van der Waals surface area contributed by atoms with Gasteiger partial charge in [0.15, 0.2) is 19.7 Å². The summed E-state index contributed by atoms with van der Waals surface area (Å²) in [5, 5.41) is 11.8. The van der Waals surface area contributed by atoms with Crippen LogP contribution in [0.1, 0.15) is 81.0 Å². The van der Waals surface area contributed by atoms with Gasteiger partial charge in [0.05, 0.1) is 65.7 Å². The summed E-state index contributed by atoms with van der Waals surface area (Å²) in [5.74, 6) is -1.56. The molecule has 0 radical (unpaired) electrons. The molecule has 2 aliphatic rings. The Morgan fingerprint density at radius 1 is 0.797 bits per heavy atom. The van der Waals surface area contributed by atoms with Gasteiger partial charge < -0.3 is 51.5 Å². The number of carboxylic acids is 1. The molecule has 0 spiro atoms. The van der Waals surface area contributed by atoms with Gasteiger partial charge in [-0.15, -0.1) is 0 Å². The minimum absolute atomic E-state index is 0.0197. The van der Waals surface area contributed by atoms with Crippen LogP contribution in [-0.4, -0.2) is 172 Å². The normalized spacial score (nSPS) is 16.1. The maximum atomic E-state index is 12.6. The fourth-order valence-electron chi connectivity index (χ4n) is 6.50. The van der Waals surface area contributed by atoms with Crippen LogP contribution >= 0.6 is 11.6 Å². The molecular weight excluding hydrogens is 894 g/mol. The number of aromatic carboxylic acids is 1. The minimum Gasteiger partial charge on any atom is -0.496 e. The number of nitrogens with zero attached hydrogens (tertiary/aromatic N) is 3. The van der Waals surface area contributed by atoms with E-state index in [4.69, 9.17) is 48.1 Å². The number of amides is 1. The first-order valence-corrected chi connectivity index (χ1v) is 24.8. The summed E-state index contributed by atoms with van der Waals surface area (Å²) in [6, 6.07) is 5.93. The highest BCUT2D eigenvalue weighted by molar-refractivity contribution is 7.91. The lowest BCUT2D eigenvalue weighted by atomic mass is 10.1. The van der Waals surface area contributed by atoms with Gasteiger partial charge in [-0.25, -0.2) is 26.4 Å². The van der Waals surface area contributed by atoms with E-state index in [-0.39, 0.29) is 61.2 Å². The first-order valence-electron chi connectivity index (χ1n) is 21.2. The Morgan fingerprint density at radius 2 is 1.25 bits per heavy atom. The smallest absolute Gasteiger partial charge is 0.403 e. The standard InChI is InChI=1S/C17H27N3O4S.C10H13NO5S.C7H16N2.C5H13NO.C3H5ClO2/c1-4-20-8-6-7-12(20)11-19-17(21)13-9-16(25(22,23)5-2)14(18)10-15(13)24-3;1-3-17(14,15)9-4-6(10(12)13)8(16-2)5-7(9)11;1-2-9-5-3-4-7(9)6-8;1-6(2)4-5-7-3;1-2-6-3(4)5/h9-10,12H,4-8,11,18H2,1-3H3,(H,19,21);4-5H,3,11H2,1-2H3,(H,12,13);7H,2-6,8H2,1H3;4-5H2,1-3H3;2H2,1H3/t12-;;7-;;/m1.1../s1. The number of benzene rings is 2. The lowest BCUT2D eigenvalue weighted by Crippen LogP contribution is -2.40. The second-order valence-corrected chi connectivity index (χ2v) is 19.4. The van der Waals surface area contributed by atoms with Crippen LogP contribution in [0.15, 0.2) is 34.1 Å². The molecule has 2 saturated heterocycles. The number of ether oxygens (including phenoxy) is 4. The maximum absolute atomic E-state index is 12.6. The van der Waals surface area contributed by atoms with Gasteiger partial charge >= 0.3 is 11.4 Å². The number of hydrogen-bond donors (Lipinski definition) is 5. The summed E-state index contributed by atoms with van der Waals surface area (Å²) in [6.45, 7) is 17.0. The first-order chi connectivity index (χ1) is 30.1.